The van der Waals surface area contributed by atoms with Gasteiger partial charge in [0.05, 0.1) is 21.8 Å². The van der Waals surface area contributed by atoms with E-state index in [1.165, 1.54) is 4.90 Å². The summed E-state index contributed by atoms with van der Waals surface area (Å²) in [5, 5.41) is 0.707. The van der Waals surface area contributed by atoms with Crippen LogP contribution in [0.15, 0.2) is 59.6 Å². The van der Waals surface area contributed by atoms with Gasteiger partial charge in [-0.2, -0.15) is 13.2 Å². The number of alkyl halides is 3. The van der Waals surface area contributed by atoms with Crippen molar-refractivity contribution in [3.05, 3.63) is 60.3 Å². The number of hydrogen-bond donors (Lipinski definition) is 1. The summed E-state index contributed by atoms with van der Waals surface area (Å²) in [7, 11) is -5.56. The van der Waals surface area contributed by atoms with Crippen molar-refractivity contribution in [1.29, 1.82) is 0 Å². The Labute approximate surface area is 192 Å². The molecule has 178 valence electrons. The number of aromatic nitrogens is 1. The maximum absolute atomic E-state index is 13.3. The van der Waals surface area contributed by atoms with Crippen LogP contribution in [0.2, 0.25) is 0 Å². The number of hydrogen-bond acceptors (Lipinski definition) is 6. The van der Waals surface area contributed by atoms with E-state index in [4.69, 9.17) is 5.73 Å². The highest BCUT2D eigenvalue weighted by Crippen LogP contribution is 2.36. The monoisotopic (exact) mass is 492 g/mol. The van der Waals surface area contributed by atoms with Gasteiger partial charge >= 0.3 is 11.5 Å². The normalized spacial score (nSPS) is 16.5. The molecule has 1 aliphatic rings. The van der Waals surface area contributed by atoms with Crippen LogP contribution >= 0.6 is 0 Å². The second-order valence-electron chi connectivity index (χ2n) is 8.22. The van der Waals surface area contributed by atoms with E-state index in [0.29, 0.717) is 34.3 Å². The summed E-state index contributed by atoms with van der Waals surface area (Å²) in [6.07, 6.45) is 1.54. The molecule has 0 bridgehead atoms. The number of carbonyl (C=O) groups is 2. The standard InChI is InChI=1S/C22H19F3N4O4S/c1-21(2)19(30)29(14-6-8-15(9-7-14)34(32,33)22(23,24)25)20(31)28(21)12-13-10-11-27-18-16(13)4-3-5-17(18)26/h3-11H,12,26H2,1-2H3. The van der Waals surface area contributed by atoms with E-state index in [-0.39, 0.29) is 12.2 Å². The lowest BCUT2D eigenvalue weighted by atomic mass is 10.0. The molecule has 2 N–H and O–H groups in total. The van der Waals surface area contributed by atoms with E-state index in [1.807, 2.05) is 0 Å². The third-order valence-electron chi connectivity index (χ3n) is 5.75. The van der Waals surface area contributed by atoms with Gasteiger partial charge in [0.25, 0.3) is 15.7 Å². The quantitative estimate of drug-likeness (QED) is 0.437. The molecule has 0 radical (unpaired) electrons. The Morgan fingerprint density at radius 1 is 1.03 bits per heavy atom. The zero-order chi connectivity index (χ0) is 25.1. The number of carbonyl (C=O) groups excluding carboxylic acids is 2. The highest BCUT2D eigenvalue weighted by molar-refractivity contribution is 7.92. The Morgan fingerprint density at radius 2 is 1.68 bits per heavy atom. The molecule has 0 spiro atoms. The van der Waals surface area contributed by atoms with Crippen molar-refractivity contribution in [2.45, 2.75) is 36.3 Å². The highest BCUT2D eigenvalue weighted by atomic mass is 32.2. The lowest BCUT2D eigenvalue weighted by Crippen LogP contribution is -2.43. The van der Waals surface area contributed by atoms with Crippen molar-refractivity contribution >= 4 is 44.1 Å². The molecule has 34 heavy (non-hydrogen) atoms. The molecule has 3 aromatic rings. The molecule has 12 heteroatoms. The van der Waals surface area contributed by atoms with Crippen LogP contribution in [0.4, 0.5) is 29.3 Å². The van der Waals surface area contributed by atoms with Crippen LogP contribution in [0.25, 0.3) is 10.9 Å². The fourth-order valence-electron chi connectivity index (χ4n) is 3.80. The van der Waals surface area contributed by atoms with Crippen LogP contribution in [0, 0.1) is 0 Å². The van der Waals surface area contributed by atoms with Crippen LogP contribution in [0.1, 0.15) is 19.4 Å². The van der Waals surface area contributed by atoms with Crippen LogP contribution in [-0.2, 0) is 21.2 Å². The molecule has 0 saturated carbocycles. The van der Waals surface area contributed by atoms with E-state index < -0.39 is 37.7 Å². The second kappa shape index (κ2) is 7.69. The number of halogens is 3. The summed E-state index contributed by atoms with van der Waals surface area (Å²) in [4.78, 5) is 31.8. The predicted molar refractivity (Wildman–Crippen MR) is 118 cm³/mol. The molecule has 0 unspecified atom stereocenters. The number of pyridine rings is 1. The van der Waals surface area contributed by atoms with E-state index in [2.05, 4.69) is 4.98 Å². The molecule has 1 aliphatic heterocycles. The molecular weight excluding hydrogens is 473 g/mol. The number of anilines is 2. The van der Waals surface area contributed by atoms with E-state index in [1.54, 1.807) is 44.3 Å². The number of nitrogen functional groups attached to an aromatic ring is 1. The molecule has 2 aromatic carbocycles. The number of para-hydroxylation sites is 1. The number of amides is 3. The average molecular weight is 492 g/mol. The first-order valence-corrected chi connectivity index (χ1v) is 11.4. The van der Waals surface area contributed by atoms with E-state index in [9.17, 15) is 31.2 Å². The molecule has 0 atom stereocenters. The Hall–Kier alpha value is -3.67. The first kappa shape index (κ1) is 23.5. The first-order valence-electron chi connectivity index (χ1n) is 9.96. The number of imide groups is 1. The van der Waals surface area contributed by atoms with Crippen molar-refractivity contribution in [1.82, 2.24) is 9.88 Å². The second-order valence-corrected chi connectivity index (χ2v) is 10.2. The number of nitrogens with two attached hydrogens (primary N) is 1. The summed E-state index contributed by atoms with van der Waals surface area (Å²) in [5.74, 6) is -0.609. The summed E-state index contributed by atoms with van der Waals surface area (Å²) in [6, 6.07) is 9.66. The number of nitrogens with zero attached hydrogens (tertiary/aromatic N) is 3. The van der Waals surface area contributed by atoms with Gasteiger partial charge in [0.2, 0.25) is 0 Å². The Kier molecular flexibility index (Phi) is 5.31. The summed E-state index contributed by atoms with van der Waals surface area (Å²) >= 11 is 0. The third kappa shape index (κ3) is 3.54. The predicted octanol–water partition coefficient (Wildman–Crippen LogP) is 3.86. The summed E-state index contributed by atoms with van der Waals surface area (Å²) < 4.78 is 61.7. The molecule has 4 rings (SSSR count). The van der Waals surface area contributed by atoms with Crippen LogP contribution < -0.4 is 10.6 Å². The smallest absolute Gasteiger partial charge is 0.397 e. The largest absolute Gasteiger partial charge is 0.501 e. The minimum Gasteiger partial charge on any atom is -0.397 e. The van der Waals surface area contributed by atoms with Gasteiger partial charge in [-0.05, 0) is 55.8 Å². The SMILES string of the molecule is CC1(C)C(=O)N(c2ccc(S(=O)(=O)C(F)(F)F)cc2)C(=O)N1Cc1ccnc2c(N)cccc12. The maximum Gasteiger partial charge on any atom is 0.501 e. The van der Waals surface area contributed by atoms with E-state index in [0.717, 1.165) is 17.0 Å². The molecule has 1 aromatic heterocycles. The summed E-state index contributed by atoms with van der Waals surface area (Å²) in [6.45, 7) is 3.14. The van der Waals surface area contributed by atoms with Gasteiger partial charge in [-0.3, -0.25) is 9.78 Å². The summed E-state index contributed by atoms with van der Waals surface area (Å²) in [5.41, 5.74) is 0.883. The average Bonchev–Trinajstić information content (AvgIpc) is 2.93. The van der Waals surface area contributed by atoms with Gasteiger partial charge in [0.15, 0.2) is 0 Å². The Morgan fingerprint density at radius 3 is 2.29 bits per heavy atom. The number of rotatable bonds is 4. The Balaban J connectivity index is 1.69. The maximum atomic E-state index is 13.3. The molecule has 3 amide bonds. The van der Waals surface area contributed by atoms with Gasteiger partial charge in [-0.15, -0.1) is 0 Å². The number of sulfone groups is 1. The van der Waals surface area contributed by atoms with Crippen molar-refractivity contribution in [3.63, 3.8) is 0 Å². The molecule has 1 fully saturated rings. The number of urea groups is 1. The lowest BCUT2D eigenvalue weighted by Gasteiger charge is -2.28. The van der Waals surface area contributed by atoms with Gasteiger partial charge in [0.1, 0.15) is 5.54 Å². The van der Waals surface area contributed by atoms with Gasteiger partial charge in [0, 0.05) is 18.1 Å². The first-order chi connectivity index (χ1) is 15.8. The van der Waals surface area contributed by atoms with E-state index >= 15 is 0 Å². The van der Waals surface area contributed by atoms with Gasteiger partial charge in [-0.25, -0.2) is 18.1 Å². The van der Waals surface area contributed by atoms with Crippen molar-refractivity contribution in [3.8, 4) is 0 Å². The van der Waals surface area contributed by atoms with Gasteiger partial charge in [-0.1, -0.05) is 12.1 Å². The van der Waals surface area contributed by atoms with Crippen LogP contribution in [0.3, 0.4) is 0 Å². The molecule has 0 aliphatic carbocycles. The van der Waals surface area contributed by atoms with Crippen molar-refractivity contribution in [2.75, 3.05) is 10.6 Å². The van der Waals surface area contributed by atoms with Gasteiger partial charge < -0.3 is 10.6 Å². The molecule has 8 nitrogen and oxygen atoms in total. The lowest BCUT2D eigenvalue weighted by molar-refractivity contribution is -0.123. The molecule has 1 saturated heterocycles. The highest BCUT2D eigenvalue weighted by Gasteiger charge is 2.52. The fourth-order valence-corrected chi connectivity index (χ4v) is 4.56. The Bertz CT molecular complexity index is 1420. The fraction of sp³-hybridized carbons (Fsp3) is 0.227. The topological polar surface area (TPSA) is 114 Å². The third-order valence-corrected chi connectivity index (χ3v) is 7.26. The van der Waals surface area contributed by atoms with Crippen molar-refractivity contribution < 1.29 is 31.2 Å². The number of benzene rings is 2. The minimum absolute atomic E-state index is 0.0388. The van der Waals surface area contributed by atoms with Crippen molar-refractivity contribution in [2.24, 2.45) is 0 Å². The zero-order valence-electron chi connectivity index (χ0n) is 18.0. The number of fused-ring (bicyclic) bond motifs is 1. The molecular formula is C22H19F3N4O4S. The zero-order valence-corrected chi connectivity index (χ0v) is 18.8. The molecule has 2 heterocycles. The van der Waals surface area contributed by atoms with Crippen LogP contribution in [-0.4, -0.2) is 41.3 Å². The minimum atomic E-state index is -5.56. The van der Waals surface area contributed by atoms with Crippen LogP contribution in [0.5, 0.6) is 0 Å².